The first-order valence-corrected chi connectivity index (χ1v) is 8.06. The molecule has 0 aliphatic heterocycles. The lowest BCUT2D eigenvalue weighted by atomic mass is 10.0. The molecular formula is C16H16ClIN2O. The number of nitrogens with one attached hydrogen (secondary N) is 2. The van der Waals surface area contributed by atoms with Gasteiger partial charge in [-0.2, -0.15) is 0 Å². The molecule has 0 saturated heterocycles. The van der Waals surface area contributed by atoms with Crippen molar-refractivity contribution in [2.75, 3.05) is 18.9 Å². The number of anilines is 1. The van der Waals surface area contributed by atoms with Crippen LogP contribution < -0.4 is 10.6 Å². The Bertz CT molecular complexity index is 646. The molecule has 21 heavy (non-hydrogen) atoms. The van der Waals surface area contributed by atoms with Crippen molar-refractivity contribution in [2.45, 2.75) is 6.42 Å². The summed E-state index contributed by atoms with van der Waals surface area (Å²) >= 11 is 8.34. The van der Waals surface area contributed by atoms with Gasteiger partial charge in [0.05, 0.1) is 10.7 Å². The molecule has 0 heterocycles. The minimum absolute atomic E-state index is 0.134. The lowest BCUT2D eigenvalue weighted by Crippen LogP contribution is -2.17. The molecule has 0 aliphatic rings. The summed E-state index contributed by atoms with van der Waals surface area (Å²) in [4.78, 5) is 12.4. The van der Waals surface area contributed by atoms with Crippen LogP contribution in [-0.2, 0) is 6.42 Å². The normalized spacial score (nSPS) is 10.4. The number of hydrogen-bond donors (Lipinski definition) is 2. The lowest BCUT2D eigenvalue weighted by molar-refractivity contribution is 0.102. The number of rotatable bonds is 5. The monoisotopic (exact) mass is 414 g/mol. The molecule has 0 spiro atoms. The second kappa shape index (κ2) is 7.77. The fourth-order valence-electron chi connectivity index (χ4n) is 2.00. The zero-order chi connectivity index (χ0) is 15.2. The molecule has 0 saturated carbocycles. The Morgan fingerprint density at radius 1 is 1.24 bits per heavy atom. The summed E-state index contributed by atoms with van der Waals surface area (Å²) in [5.74, 6) is -0.134. The van der Waals surface area contributed by atoms with E-state index in [0.29, 0.717) is 16.3 Å². The van der Waals surface area contributed by atoms with Crippen LogP contribution in [-0.4, -0.2) is 19.5 Å². The highest BCUT2D eigenvalue weighted by Crippen LogP contribution is 2.24. The Hall–Kier alpha value is -1.11. The minimum atomic E-state index is -0.134. The van der Waals surface area contributed by atoms with Crippen molar-refractivity contribution in [3.63, 3.8) is 0 Å². The minimum Gasteiger partial charge on any atom is -0.321 e. The molecule has 1 amide bonds. The third-order valence-electron chi connectivity index (χ3n) is 3.09. The second-order valence-electron chi connectivity index (χ2n) is 4.59. The summed E-state index contributed by atoms with van der Waals surface area (Å²) in [7, 11) is 1.90. The number of carbonyl (C=O) groups excluding carboxylic acids is 1. The molecule has 0 bridgehead atoms. The van der Waals surface area contributed by atoms with Crippen LogP contribution >= 0.6 is 34.2 Å². The quantitative estimate of drug-likeness (QED) is 0.727. The van der Waals surface area contributed by atoms with Gasteiger partial charge in [0, 0.05) is 9.13 Å². The summed E-state index contributed by atoms with van der Waals surface area (Å²) in [6, 6.07) is 13.2. The van der Waals surface area contributed by atoms with E-state index in [1.165, 1.54) is 0 Å². The maximum Gasteiger partial charge on any atom is 0.255 e. The van der Waals surface area contributed by atoms with E-state index < -0.39 is 0 Å². The molecule has 2 rings (SSSR count). The van der Waals surface area contributed by atoms with Gasteiger partial charge in [0.2, 0.25) is 0 Å². The molecule has 3 nitrogen and oxygen atoms in total. The zero-order valence-electron chi connectivity index (χ0n) is 11.6. The smallest absolute Gasteiger partial charge is 0.255 e. The predicted octanol–water partition coefficient (Wildman–Crippen LogP) is 3.96. The van der Waals surface area contributed by atoms with Crippen LogP contribution in [0.5, 0.6) is 0 Å². The Morgan fingerprint density at radius 3 is 2.71 bits per heavy atom. The molecule has 0 aliphatic carbocycles. The van der Waals surface area contributed by atoms with Gasteiger partial charge in [-0.15, -0.1) is 0 Å². The number of carbonyl (C=O) groups is 1. The molecule has 5 heteroatoms. The summed E-state index contributed by atoms with van der Waals surface area (Å²) in [5, 5.41) is 6.51. The first-order chi connectivity index (χ1) is 10.1. The first kappa shape index (κ1) is 16.3. The highest BCUT2D eigenvalue weighted by molar-refractivity contribution is 14.1. The molecule has 2 aromatic carbocycles. The average molecular weight is 415 g/mol. The third-order valence-corrected chi connectivity index (χ3v) is 4.07. The molecule has 2 N–H and O–H groups in total. The number of amides is 1. The van der Waals surface area contributed by atoms with Crippen molar-refractivity contribution < 1.29 is 4.79 Å². The fourth-order valence-corrected chi connectivity index (χ4v) is 2.90. The molecular weight excluding hydrogens is 399 g/mol. The van der Waals surface area contributed by atoms with Crippen molar-refractivity contribution >= 4 is 45.8 Å². The molecule has 0 atom stereocenters. The van der Waals surface area contributed by atoms with E-state index >= 15 is 0 Å². The number of likely N-dealkylation sites (N-methyl/N-ethyl adjacent to an activating group) is 1. The number of hydrogen-bond acceptors (Lipinski definition) is 2. The van der Waals surface area contributed by atoms with Crippen molar-refractivity contribution in [1.82, 2.24) is 5.32 Å². The summed E-state index contributed by atoms with van der Waals surface area (Å²) in [6.45, 7) is 0.828. The van der Waals surface area contributed by atoms with E-state index in [2.05, 4.69) is 33.2 Å². The molecule has 0 unspecified atom stereocenters. The summed E-state index contributed by atoms with van der Waals surface area (Å²) in [5.41, 5.74) is 2.33. The molecule has 0 radical (unpaired) electrons. The van der Waals surface area contributed by atoms with Gasteiger partial charge in [-0.25, -0.2) is 0 Å². The van der Waals surface area contributed by atoms with Crippen molar-refractivity contribution in [1.29, 1.82) is 0 Å². The fraction of sp³-hybridized carbons (Fsp3) is 0.188. The van der Waals surface area contributed by atoms with Crippen molar-refractivity contribution in [3.8, 4) is 0 Å². The Kier molecular flexibility index (Phi) is 6.02. The van der Waals surface area contributed by atoms with Gasteiger partial charge in [-0.1, -0.05) is 29.8 Å². The van der Waals surface area contributed by atoms with Crippen molar-refractivity contribution in [3.05, 3.63) is 62.2 Å². The number of benzene rings is 2. The van der Waals surface area contributed by atoms with Crippen LogP contribution in [0.1, 0.15) is 15.9 Å². The molecule has 0 aromatic heterocycles. The second-order valence-corrected chi connectivity index (χ2v) is 6.24. The highest BCUT2D eigenvalue weighted by Gasteiger charge is 2.12. The van der Waals surface area contributed by atoms with Gasteiger partial charge >= 0.3 is 0 Å². The van der Waals surface area contributed by atoms with Gasteiger partial charge in [-0.3, -0.25) is 4.79 Å². The van der Waals surface area contributed by atoms with Crippen LogP contribution in [0, 0.1) is 3.57 Å². The van der Waals surface area contributed by atoms with E-state index in [0.717, 1.165) is 22.1 Å². The molecule has 110 valence electrons. The van der Waals surface area contributed by atoms with Gasteiger partial charge in [0.25, 0.3) is 5.91 Å². The van der Waals surface area contributed by atoms with E-state index in [4.69, 9.17) is 11.6 Å². The van der Waals surface area contributed by atoms with Crippen LogP contribution in [0.3, 0.4) is 0 Å². The van der Waals surface area contributed by atoms with E-state index in [1.54, 1.807) is 0 Å². The topological polar surface area (TPSA) is 41.1 Å². The summed E-state index contributed by atoms with van der Waals surface area (Å²) < 4.78 is 1.03. The van der Waals surface area contributed by atoms with Gasteiger partial charge in [0.15, 0.2) is 0 Å². The SMILES string of the molecule is CNCCc1ccccc1C(=O)Nc1ccc(I)cc1Cl. The standard InChI is InChI=1S/C16H16ClIN2O/c1-19-9-8-11-4-2-3-5-13(11)16(21)20-15-7-6-12(18)10-14(15)17/h2-7,10,19H,8-9H2,1H3,(H,20,21). The Morgan fingerprint density at radius 2 is 2.00 bits per heavy atom. The third kappa shape index (κ3) is 4.43. The molecule has 0 fully saturated rings. The summed E-state index contributed by atoms with van der Waals surface area (Å²) in [6.07, 6.45) is 0.806. The zero-order valence-corrected chi connectivity index (χ0v) is 14.5. The predicted molar refractivity (Wildman–Crippen MR) is 96.2 cm³/mol. The van der Waals surface area contributed by atoms with Crippen molar-refractivity contribution in [2.24, 2.45) is 0 Å². The van der Waals surface area contributed by atoms with Gasteiger partial charge in [0.1, 0.15) is 0 Å². The van der Waals surface area contributed by atoms with Crippen LogP contribution in [0.25, 0.3) is 0 Å². The first-order valence-electron chi connectivity index (χ1n) is 6.60. The number of halogens is 2. The maximum absolute atomic E-state index is 12.4. The largest absolute Gasteiger partial charge is 0.321 e. The van der Waals surface area contributed by atoms with Crippen LogP contribution in [0.2, 0.25) is 5.02 Å². The van der Waals surface area contributed by atoms with E-state index in [-0.39, 0.29) is 5.91 Å². The Balaban J connectivity index is 2.20. The van der Waals surface area contributed by atoms with Crippen LogP contribution in [0.4, 0.5) is 5.69 Å². The Labute approximate surface area is 143 Å². The molecule has 2 aromatic rings. The van der Waals surface area contributed by atoms with Crippen LogP contribution in [0.15, 0.2) is 42.5 Å². The van der Waals surface area contributed by atoms with E-state index in [9.17, 15) is 4.79 Å². The maximum atomic E-state index is 12.4. The highest BCUT2D eigenvalue weighted by atomic mass is 127. The van der Waals surface area contributed by atoms with Gasteiger partial charge in [-0.05, 0) is 72.4 Å². The average Bonchev–Trinajstić information content (AvgIpc) is 2.48. The van der Waals surface area contributed by atoms with E-state index in [1.807, 2.05) is 49.5 Å². The lowest BCUT2D eigenvalue weighted by Gasteiger charge is -2.11. The van der Waals surface area contributed by atoms with Gasteiger partial charge < -0.3 is 10.6 Å².